The number of hydrogen-bond donors (Lipinski definition) is 2. The fourth-order valence-electron chi connectivity index (χ4n) is 3.47. The summed E-state index contributed by atoms with van der Waals surface area (Å²) < 4.78 is 5.38. The van der Waals surface area contributed by atoms with Gasteiger partial charge in [-0.05, 0) is 38.5 Å². The summed E-state index contributed by atoms with van der Waals surface area (Å²) in [5.74, 6) is 4.83. The van der Waals surface area contributed by atoms with Crippen LogP contribution in [-0.2, 0) is 14.3 Å². The van der Waals surface area contributed by atoms with Crippen LogP contribution in [0.4, 0.5) is 0 Å². The van der Waals surface area contributed by atoms with Gasteiger partial charge in [-0.3, -0.25) is 4.79 Å². The van der Waals surface area contributed by atoms with Crippen LogP contribution in [0, 0.1) is 17.8 Å². The number of allylic oxidation sites excluding steroid dienone is 1. The molecule has 0 saturated heterocycles. The average Bonchev–Trinajstić information content (AvgIpc) is 2.78. The Kier molecular flexibility index (Phi) is 7.29. The monoisotopic (exact) mass is 414 g/mol. The molecule has 0 aromatic heterocycles. The molecular formula is C26H26N2O3. The third-order valence-electron chi connectivity index (χ3n) is 4.84. The molecule has 1 aliphatic heterocycles. The number of likely N-dealkylation sites (N-methyl/N-ethyl adjacent to an activating group) is 1. The van der Waals surface area contributed by atoms with Crippen molar-refractivity contribution >= 4 is 17.6 Å². The van der Waals surface area contributed by atoms with E-state index in [-0.39, 0.29) is 12.5 Å². The molecule has 5 nitrogen and oxygen atoms in total. The van der Waals surface area contributed by atoms with Crippen molar-refractivity contribution in [2.45, 2.75) is 20.8 Å². The summed E-state index contributed by atoms with van der Waals surface area (Å²) in [6.07, 6.45) is 0. The second-order valence-electron chi connectivity index (χ2n) is 6.97. The lowest BCUT2D eigenvalue weighted by atomic mass is 9.83. The van der Waals surface area contributed by atoms with E-state index in [1.165, 1.54) is 0 Å². The van der Waals surface area contributed by atoms with Gasteiger partial charge in [-0.2, -0.15) is 0 Å². The Morgan fingerprint density at radius 3 is 2.26 bits per heavy atom. The van der Waals surface area contributed by atoms with E-state index in [0.717, 1.165) is 11.1 Å². The molecule has 1 unspecified atom stereocenters. The van der Waals surface area contributed by atoms with Gasteiger partial charge in [0.1, 0.15) is 0 Å². The summed E-state index contributed by atoms with van der Waals surface area (Å²) in [5, 5.41) is 6.11. The van der Waals surface area contributed by atoms with Crippen molar-refractivity contribution in [2.75, 3.05) is 13.2 Å². The number of rotatable bonds is 5. The highest BCUT2D eigenvalue weighted by atomic mass is 16.5. The van der Waals surface area contributed by atoms with E-state index in [0.29, 0.717) is 29.1 Å². The van der Waals surface area contributed by atoms with Crippen LogP contribution < -0.4 is 10.6 Å². The van der Waals surface area contributed by atoms with Crippen LogP contribution >= 0.6 is 0 Å². The van der Waals surface area contributed by atoms with Gasteiger partial charge in [0.15, 0.2) is 0 Å². The van der Waals surface area contributed by atoms with E-state index < -0.39 is 11.9 Å². The van der Waals surface area contributed by atoms with Gasteiger partial charge in [0.05, 0.1) is 29.4 Å². The van der Waals surface area contributed by atoms with Crippen molar-refractivity contribution in [2.24, 2.45) is 5.92 Å². The lowest BCUT2D eigenvalue weighted by molar-refractivity contribution is -0.138. The van der Waals surface area contributed by atoms with Gasteiger partial charge in [0.25, 0.3) is 5.91 Å². The number of ether oxygens (including phenoxy) is 1. The van der Waals surface area contributed by atoms with Crippen molar-refractivity contribution in [3.63, 3.8) is 0 Å². The molecule has 0 radical (unpaired) electrons. The first-order chi connectivity index (χ1) is 15.1. The van der Waals surface area contributed by atoms with Gasteiger partial charge in [0, 0.05) is 17.8 Å². The number of carbonyl (C=O) groups excluding carboxylic acids is 2. The highest BCUT2D eigenvalue weighted by molar-refractivity contribution is 6.06. The van der Waals surface area contributed by atoms with E-state index in [1.54, 1.807) is 6.92 Å². The van der Waals surface area contributed by atoms with Gasteiger partial charge in [-0.15, -0.1) is 0 Å². The molecule has 0 saturated carbocycles. The fraction of sp³-hybridized carbons (Fsp3) is 0.231. The summed E-state index contributed by atoms with van der Waals surface area (Å²) in [5.41, 5.74) is 3.66. The van der Waals surface area contributed by atoms with Crippen LogP contribution in [0.15, 0.2) is 77.5 Å². The lowest BCUT2D eigenvalue weighted by Crippen LogP contribution is -2.37. The van der Waals surface area contributed by atoms with Gasteiger partial charge in [-0.1, -0.05) is 60.4 Å². The topological polar surface area (TPSA) is 67.4 Å². The first-order valence-corrected chi connectivity index (χ1v) is 10.4. The smallest absolute Gasteiger partial charge is 0.337 e. The van der Waals surface area contributed by atoms with Gasteiger partial charge >= 0.3 is 5.97 Å². The number of nitrogens with one attached hydrogen (secondary N) is 2. The number of carbonyl (C=O) groups is 2. The number of hydrogen-bond acceptors (Lipinski definition) is 4. The highest BCUT2D eigenvalue weighted by Gasteiger charge is 2.36. The Hall–Kier alpha value is -3.78. The van der Waals surface area contributed by atoms with E-state index in [9.17, 15) is 9.59 Å². The van der Waals surface area contributed by atoms with E-state index in [4.69, 9.17) is 4.74 Å². The molecule has 3 rings (SSSR count). The van der Waals surface area contributed by atoms with Crippen molar-refractivity contribution in [3.05, 3.63) is 88.6 Å². The van der Waals surface area contributed by atoms with Crippen molar-refractivity contribution in [3.8, 4) is 11.8 Å². The Morgan fingerprint density at radius 1 is 1.00 bits per heavy atom. The number of amides is 1. The highest BCUT2D eigenvalue weighted by Crippen LogP contribution is 2.34. The summed E-state index contributed by atoms with van der Waals surface area (Å²) in [6.45, 7) is 6.13. The molecular weight excluding hydrogens is 388 g/mol. The molecule has 2 aromatic carbocycles. The number of benzene rings is 2. The third-order valence-corrected chi connectivity index (χ3v) is 4.84. The molecule has 5 heteroatoms. The molecule has 0 bridgehead atoms. The van der Waals surface area contributed by atoms with Crippen LogP contribution in [0.3, 0.4) is 0 Å². The summed E-state index contributed by atoms with van der Waals surface area (Å²) in [7, 11) is 0. The summed E-state index contributed by atoms with van der Waals surface area (Å²) >= 11 is 0. The molecule has 1 aliphatic rings. The van der Waals surface area contributed by atoms with E-state index in [1.807, 2.05) is 74.5 Å². The van der Waals surface area contributed by atoms with Gasteiger partial charge in [0.2, 0.25) is 0 Å². The average molecular weight is 415 g/mol. The molecule has 2 aromatic rings. The third kappa shape index (κ3) is 5.04. The van der Waals surface area contributed by atoms with Crippen molar-refractivity contribution in [1.29, 1.82) is 0 Å². The SMILES string of the molecule is CCNC(=O)C1=C(C)NC(c2ccccc2)=C(C(=O)OCC)C1C#Cc1ccccc1. The van der Waals surface area contributed by atoms with Crippen LogP contribution in [0.1, 0.15) is 31.9 Å². The molecule has 1 heterocycles. The van der Waals surface area contributed by atoms with Crippen LogP contribution in [-0.4, -0.2) is 25.0 Å². The molecule has 0 spiro atoms. The van der Waals surface area contributed by atoms with Gasteiger partial charge in [-0.25, -0.2) is 4.79 Å². The normalized spacial score (nSPS) is 15.5. The zero-order chi connectivity index (χ0) is 22.2. The first-order valence-electron chi connectivity index (χ1n) is 10.4. The lowest BCUT2D eigenvalue weighted by Gasteiger charge is -2.29. The van der Waals surface area contributed by atoms with Crippen LogP contribution in [0.25, 0.3) is 5.70 Å². The van der Waals surface area contributed by atoms with E-state index in [2.05, 4.69) is 22.5 Å². The quantitative estimate of drug-likeness (QED) is 0.579. The molecule has 1 amide bonds. The predicted molar refractivity (Wildman–Crippen MR) is 121 cm³/mol. The first kappa shape index (κ1) is 21.9. The minimum Gasteiger partial charge on any atom is -0.463 e. The molecule has 0 fully saturated rings. The molecule has 1 atom stereocenters. The molecule has 31 heavy (non-hydrogen) atoms. The number of esters is 1. The van der Waals surface area contributed by atoms with Crippen LogP contribution in [0.2, 0.25) is 0 Å². The maximum absolute atomic E-state index is 13.1. The predicted octanol–water partition coefficient (Wildman–Crippen LogP) is 3.64. The number of dihydropyridines is 1. The Bertz CT molecular complexity index is 1070. The minimum absolute atomic E-state index is 0.225. The zero-order valence-electron chi connectivity index (χ0n) is 18.0. The maximum Gasteiger partial charge on any atom is 0.337 e. The van der Waals surface area contributed by atoms with Crippen molar-refractivity contribution < 1.29 is 14.3 Å². The minimum atomic E-state index is -0.734. The Morgan fingerprint density at radius 2 is 1.65 bits per heavy atom. The Balaban J connectivity index is 2.21. The molecule has 0 aliphatic carbocycles. The maximum atomic E-state index is 13.1. The summed E-state index contributed by atoms with van der Waals surface area (Å²) in [6, 6.07) is 19.0. The van der Waals surface area contributed by atoms with Gasteiger partial charge < -0.3 is 15.4 Å². The second kappa shape index (κ2) is 10.3. The fourth-order valence-corrected chi connectivity index (χ4v) is 3.47. The standard InChI is InChI=1S/C26H26N2O3/c1-4-27-25(29)22-18(3)28-24(20-14-10-7-11-15-20)23(26(30)31-5-2)21(22)17-16-19-12-8-6-9-13-19/h6-15,21,28H,4-5H2,1-3H3,(H,27,29). The van der Waals surface area contributed by atoms with Crippen molar-refractivity contribution in [1.82, 2.24) is 10.6 Å². The van der Waals surface area contributed by atoms with Crippen LogP contribution in [0.5, 0.6) is 0 Å². The summed E-state index contributed by atoms with van der Waals surface area (Å²) in [4.78, 5) is 26.0. The second-order valence-corrected chi connectivity index (χ2v) is 6.97. The largest absolute Gasteiger partial charge is 0.463 e. The zero-order valence-corrected chi connectivity index (χ0v) is 18.0. The van der Waals surface area contributed by atoms with E-state index >= 15 is 0 Å². The Labute approximate surface area is 183 Å². The molecule has 2 N–H and O–H groups in total. The molecule has 158 valence electrons.